The van der Waals surface area contributed by atoms with Gasteiger partial charge in [-0.1, -0.05) is 36.2 Å². The summed E-state index contributed by atoms with van der Waals surface area (Å²) in [6, 6.07) is 7.22. The predicted molar refractivity (Wildman–Crippen MR) is 103 cm³/mol. The maximum Gasteiger partial charge on any atom is 0.336 e. The molecule has 27 heavy (non-hydrogen) atoms. The number of rotatable bonds is 7. The van der Waals surface area contributed by atoms with Crippen LogP contribution in [-0.4, -0.2) is 21.9 Å². The van der Waals surface area contributed by atoms with Crippen molar-refractivity contribution in [2.75, 3.05) is 5.32 Å². The fraction of sp³-hybridized carbons (Fsp3) is 0.222. The van der Waals surface area contributed by atoms with Gasteiger partial charge in [0.05, 0.1) is 10.5 Å². The lowest BCUT2D eigenvalue weighted by Gasteiger charge is -2.13. The van der Waals surface area contributed by atoms with E-state index < -0.39 is 16.8 Å². The van der Waals surface area contributed by atoms with Crippen molar-refractivity contribution in [3.8, 4) is 0 Å². The molecular weight excluding hydrogens is 395 g/mol. The molecule has 0 bridgehead atoms. The van der Waals surface area contributed by atoms with Crippen LogP contribution in [0.15, 0.2) is 30.3 Å². The highest BCUT2D eigenvalue weighted by atomic mass is 35.5. The Morgan fingerprint density at radius 1 is 1.15 bits per heavy atom. The van der Waals surface area contributed by atoms with Gasteiger partial charge < -0.3 is 10.4 Å². The number of carboxylic acids is 1. The van der Waals surface area contributed by atoms with E-state index in [4.69, 9.17) is 23.2 Å². The highest BCUT2D eigenvalue weighted by Crippen LogP contribution is 2.32. The van der Waals surface area contributed by atoms with Crippen molar-refractivity contribution in [1.82, 2.24) is 0 Å². The normalized spacial score (nSPS) is 10.5. The number of amides is 1. The lowest BCUT2D eigenvalue weighted by molar-refractivity contribution is -0.384. The molecule has 0 atom stereocenters. The molecule has 0 fully saturated rings. The molecule has 2 N–H and O–H groups in total. The number of benzene rings is 2. The summed E-state index contributed by atoms with van der Waals surface area (Å²) in [5.41, 5.74) is 0.243. The predicted octanol–water partition coefficient (Wildman–Crippen LogP) is 4.73. The molecular formula is C18H16Cl2N2O5. The molecule has 0 aromatic heterocycles. The van der Waals surface area contributed by atoms with Crippen molar-refractivity contribution in [1.29, 1.82) is 0 Å². The van der Waals surface area contributed by atoms with Gasteiger partial charge in [-0.15, -0.1) is 0 Å². The van der Waals surface area contributed by atoms with Crippen molar-refractivity contribution in [3.63, 3.8) is 0 Å². The third kappa shape index (κ3) is 4.75. The number of hydrogen-bond acceptors (Lipinski definition) is 4. The molecule has 0 saturated carbocycles. The van der Waals surface area contributed by atoms with Gasteiger partial charge >= 0.3 is 5.97 Å². The number of halogens is 2. The van der Waals surface area contributed by atoms with Crippen LogP contribution in [0.4, 0.5) is 11.4 Å². The van der Waals surface area contributed by atoms with Crippen LogP contribution in [0.3, 0.4) is 0 Å². The number of anilines is 1. The number of carbonyl (C=O) groups is 2. The molecule has 7 nitrogen and oxygen atoms in total. The van der Waals surface area contributed by atoms with E-state index >= 15 is 0 Å². The minimum atomic E-state index is -1.22. The van der Waals surface area contributed by atoms with E-state index in [1.165, 1.54) is 6.07 Å². The molecule has 0 radical (unpaired) electrons. The lowest BCUT2D eigenvalue weighted by atomic mass is 10.0. The van der Waals surface area contributed by atoms with Gasteiger partial charge in [-0.25, -0.2) is 4.79 Å². The quantitative estimate of drug-likeness (QED) is 0.506. The zero-order valence-corrected chi connectivity index (χ0v) is 15.8. The Morgan fingerprint density at radius 3 is 2.30 bits per heavy atom. The van der Waals surface area contributed by atoms with Crippen LogP contribution in [0, 0.1) is 10.1 Å². The van der Waals surface area contributed by atoms with Crippen molar-refractivity contribution < 1.29 is 19.6 Å². The smallest absolute Gasteiger partial charge is 0.336 e. The molecule has 142 valence electrons. The number of hydrogen-bond donors (Lipinski definition) is 2. The number of nitro benzene ring substituents is 1. The molecule has 0 aliphatic rings. The van der Waals surface area contributed by atoms with E-state index in [0.29, 0.717) is 15.6 Å². The van der Waals surface area contributed by atoms with Gasteiger partial charge in [0.2, 0.25) is 5.91 Å². The molecule has 0 spiro atoms. The first-order valence-corrected chi connectivity index (χ1v) is 8.78. The van der Waals surface area contributed by atoms with E-state index in [-0.39, 0.29) is 41.8 Å². The Bertz CT molecular complexity index is 895. The third-order valence-electron chi connectivity index (χ3n) is 4.00. The summed E-state index contributed by atoms with van der Waals surface area (Å²) in [5, 5.41) is 23.9. The van der Waals surface area contributed by atoms with E-state index in [1.54, 1.807) is 25.1 Å². The first-order valence-electron chi connectivity index (χ1n) is 8.02. The fourth-order valence-corrected chi connectivity index (χ4v) is 3.29. The summed E-state index contributed by atoms with van der Waals surface area (Å²) in [6.45, 7) is 1.66. The van der Waals surface area contributed by atoms with E-state index in [1.807, 2.05) is 0 Å². The Balaban J connectivity index is 2.29. The number of carboxylic acid groups (broad SMARTS) is 1. The van der Waals surface area contributed by atoms with E-state index in [9.17, 15) is 24.8 Å². The maximum absolute atomic E-state index is 12.4. The van der Waals surface area contributed by atoms with Gasteiger partial charge in [-0.3, -0.25) is 14.9 Å². The average molecular weight is 411 g/mol. The molecule has 0 aliphatic heterocycles. The standard InChI is InChI=1S/C18H16Cl2N2O5/c1-2-10-11(18(24)25)6-8-15(22(26)27)17(10)21-16(23)9-7-12-13(19)4-3-5-14(12)20/h3-6,8H,2,7,9H2,1H3,(H,21,23)(H,24,25). The van der Waals surface area contributed by atoms with Crippen LogP contribution in [-0.2, 0) is 17.6 Å². The molecule has 1 amide bonds. The number of nitro groups is 1. The first-order chi connectivity index (χ1) is 12.8. The molecule has 0 unspecified atom stereocenters. The van der Waals surface area contributed by atoms with Crippen molar-refractivity contribution in [3.05, 3.63) is 67.2 Å². The van der Waals surface area contributed by atoms with Gasteiger partial charge in [0.1, 0.15) is 5.69 Å². The largest absolute Gasteiger partial charge is 0.478 e. The zero-order chi connectivity index (χ0) is 20.1. The van der Waals surface area contributed by atoms with Gasteiger partial charge in [0, 0.05) is 22.5 Å². The van der Waals surface area contributed by atoms with Crippen LogP contribution in [0.2, 0.25) is 10.0 Å². The van der Waals surface area contributed by atoms with E-state index in [0.717, 1.165) is 6.07 Å². The Kier molecular flexibility index (Phi) is 6.76. The molecule has 9 heteroatoms. The average Bonchev–Trinajstić information content (AvgIpc) is 2.60. The van der Waals surface area contributed by atoms with Crippen LogP contribution in [0.5, 0.6) is 0 Å². The summed E-state index contributed by atoms with van der Waals surface area (Å²) >= 11 is 12.1. The summed E-state index contributed by atoms with van der Waals surface area (Å²) in [5.74, 6) is -1.73. The third-order valence-corrected chi connectivity index (χ3v) is 4.71. The Labute approximate surface area is 165 Å². The molecule has 2 aromatic rings. The highest BCUT2D eigenvalue weighted by molar-refractivity contribution is 6.36. The molecule has 2 rings (SSSR count). The maximum atomic E-state index is 12.4. The van der Waals surface area contributed by atoms with Gasteiger partial charge in [-0.05, 0) is 42.2 Å². The molecule has 0 saturated heterocycles. The van der Waals surface area contributed by atoms with Crippen LogP contribution < -0.4 is 5.32 Å². The summed E-state index contributed by atoms with van der Waals surface area (Å²) in [7, 11) is 0. The molecule has 0 heterocycles. The van der Waals surface area contributed by atoms with E-state index in [2.05, 4.69) is 5.32 Å². The fourth-order valence-electron chi connectivity index (χ4n) is 2.71. The van der Waals surface area contributed by atoms with Crippen LogP contribution in [0.25, 0.3) is 0 Å². The second kappa shape index (κ2) is 8.83. The van der Waals surface area contributed by atoms with Crippen LogP contribution in [0.1, 0.15) is 34.8 Å². The number of carbonyl (C=O) groups excluding carboxylic acids is 1. The molecule has 2 aromatic carbocycles. The van der Waals surface area contributed by atoms with Crippen molar-refractivity contribution in [2.45, 2.75) is 26.2 Å². The second-order valence-corrected chi connectivity index (χ2v) is 6.46. The zero-order valence-electron chi connectivity index (χ0n) is 14.3. The van der Waals surface area contributed by atoms with Gasteiger partial charge in [0.15, 0.2) is 0 Å². The number of nitrogens with one attached hydrogen (secondary N) is 1. The monoisotopic (exact) mass is 410 g/mol. The van der Waals surface area contributed by atoms with Crippen LogP contribution >= 0.6 is 23.2 Å². The van der Waals surface area contributed by atoms with Gasteiger partial charge in [0.25, 0.3) is 5.69 Å². The first kappa shape index (κ1) is 20.7. The lowest BCUT2D eigenvalue weighted by Crippen LogP contribution is -2.17. The van der Waals surface area contributed by atoms with Crippen molar-refractivity contribution >= 4 is 46.5 Å². The van der Waals surface area contributed by atoms with Gasteiger partial charge in [-0.2, -0.15) is 0 Å². The Morgan fingerprint density at radius 2 is 1.78 bits per heavy atom. The minimum absolute atomic E-state index is 0.0267. The number of nitrogens with zero attached hydrogens (tertiary/aromatic N) is 1. The highest BCUT2D eigenvalue weighted by Gasteiger charge is 2.24. The topological polar surface area (TPSA) is 110 Å². The summed E-state index contributed by atoms with van der Waals surface area (Å²) in [6.07, 6.45) is 0.411. The minimum Gasteiger partial charge on any atom is -0.478 e. The Hall–Kier alpha value is -2.64. The number of aromatic carboxylic acids is 1. The van der Waals surface area contributed by atoms with Crippen molar-refractivity contribution in [2.24, 2.45) is 0 Å². The SMILES string of the molecule is CCc1c(C(=O)O)ccc([N+](=O)[O-])c1NC(=O)CCc1c(Cl)cccc1Cl. The summed E-state index contributed by atoms with van der Waals surface area (Å²) < 4.78 is 0. The molecule has 0 aliphatic carbocycles. The second-order valence-electron chi connectivity index (χ2n) is 5.65. The summed E-state index contributed by atoms with van der Waals surface area (Å²) in [4.78, 5) is 34.4.